The van der Waals surface area contributed by atoms with E-state index >= 15 is 0 Å². The number of amides is 1. The molecule has 126 valence electrons. The molecule has 3 rings (SSSR count). The van der Waals surface area contributed by atoms with Crippen LogP contribution in [0.2, 0.25) is 0 Å². The summed E-state index contributed by atoms with van der Waals surface area (Å²) in [5, 5.41) is 2.68. The van der Waals surface area contributed by atoms with Gasteiger partial charge in [-0.05, 0) is 35.9 Å². The topological polar surface area (TPSA) is 51.2 Å². The molecule has 1 aromatic carbocycles. The molecule has 0 atom stereocenters. The van der Waals surface area contributed by atoms with E-state index in [1.807, 2.05) is 0 Å². The van der Waals surface area contributed by atoms with Crippen LogP contribution in [0.25, 0.3) is 0 Å². The quantitative estimate of drug-likeness (QED) is 0.874. The first-order valence-corrected chi connectivity index (χ1v) is 7.13. The fourth-order valence-electron chi connectivity index (χ4n) is 2.51. The Morgan fingerprint density at radius 3 is 2.75 bits per heavy atom. The Kier molecular flexibility index (Phi) is 4.13. The number of aromatic nitrogens is 1. The number of carbonyl (C=O) groups is 1. The Balaban J connectivity index is 1.86. The first kappa shape index (κ1) is 16.2. The van der Waals surface area contributed by atoms with Crippen LogP contribution < -0.4 is 10.1 Å². The van der Waals surface area contributed by atoms with Gasteiger partial charge in [0.2, 0.25) is 0 Å². The van der Waals surface area contributed by atoms with Crippen LogP contribution in [0.15, 0.2) is 30.3 Å². The maximum atomic E-state index is 13.9. The zero-order chi connectivity index (χ0) is 17.3. The molecule has 0 bridgehead atoms. The SMILES string of the molecule is O=C1NCCc2nc(Cc3cc(OC(F)(F)F)ccc3F)ccc21. The summed E-state index contributed by atoms with van der Waals surface area (Å²) in [7, 11) is 0. The third-order valence-corrected chi connectivity index (χ3v) is 3.55. The van der Waals surface area contributed by atoms with Crippen LogP contribution in [0.1, 0.15) is 27.3 Å². The summed E-state index contributed by atoms with van der Waals surface area (Å²) >= 11 is 0. The lowest BCUT2D eigenvalue weighted by molar-refractivity contribution is -0.274. The first-order valence-electron chi connectivity index (χ1n) is 7.13. The molecular formula is C16H12F4N2O2. The predicted octanol–water partition coefficient (Wildman–Crippen LogP) is 3.00. The van der Waals surface area contributed by atoms with E-state index in [2.05, 4.69) is 15.0 Å². The fourth-order valence-corrected chi connectivity index (χ4v) is 2.51. The molecule has 2 heterocycles. The van der Waals surface area contributed by atoms with Gasteiger partial charge in [-0.1, -0.05) is 0 Å². The lowest BCUT2D eigenvalue weighted by atomic mass is 10.0. The molecule has 0 spiro atoms. The second-order valence-electron chi connectivity index (χ2n) is 5.28. The molecule has 4 nitrogen and oxygen atoms in total. The number of nitrogens with zero attached hydrogens (tertiary/aromatic N) is 1. The third kappa shape index (κ3) is 3.64. The van der Waals surface area contributed by atoms with Crippen molar-refractivity contribution >= 4 is 5.91 Å². The Morgan fingerprint density at radius 1 is 1.21 bits per heavy atom. The average molecular weight is 340 g/mol. The molecule has 0 saturated carbocycles. The van der Waals surface area contributed by atoms with E-state index in [4.69, 9.17) is 0 Å². The standard InChI is InChI=1S/C16H12F4N2O2/c17-13-4-2-11(24-16(18,19)20)8-9(13)7-10-1-3-12-14(22-10)5-6-21-15(12)23/h1-4,8H,5-7H2,(H,21,23). The number of carbonyl (C=O) groups excluding carboxylic acids is 1. The summed E-state index contributed by atoms with van der Waals surface area (Å²) in [6.45, 7) is 0.464. The summed E-state index contributed by atoms with van der Waals surface area (Å²) in [6, 6.07) is 5.97. The minimum absolute atomic E-state index is 0.00418. The number of alkyl halides is 3. The highest BCUT2D eigenvalue weighted by atomic mass is 19.4. The fraction of sp³-hybridized carbons (Fsp3) is 0.250. The van der Waals surface area contributed by atoms with Gasteiger partial charge in [-0.2, -0.15) is 0 Å². The lowest BCUT2D eigenvalue weighted by Gasteiger charge is -2.16. The zero-order valence-electron chi connectivity index (χ0n) is 12.3. The number of hydrogen-bond donors (Lipinski definition) is 1. The van der Waals surface area contributed by atoms with Gasteiger partial charge in [-0.25, -0.2) is 4.39 Å². The minimum Gasteiger partial charge on any atom is -0.406 e. The lowest BCUT2D eigenvalue weighted by Crippen LogP contribution is -2.32. The van der Waals surface area contributed by atoms with Crippen LogP contribution in [-0.4, -0.2) is 23.8 Å². The Labute approximate surface area is 134 Å². The number of rotatable bonds is 3. The van der Waals surface area contributed by atoms with Crippen LogP contribution in [0, 0.1) is 5.82 Å². The van der Waals surface area contributed by atoms with Crippen LogP contribution in [0.3, 0.4) is 0 Å². The van der Waals surface area contributed by atoms with E-state index in [1.165, 1.54) is 0 Å². The van der Waals surface area contributed by atoms with Crippen molar-refractivity contribution in [2.75, 3.05) is 6.54 Å². The maximum Gasteiger partial charge on any atom is 0.573 e. The zero-order valence-corrected chi connectivity index (χ0v) is 12.3. The summed E-state index contributed by atoms with van der Waals surface area (Å²) in [5.41, 5.74) is 1.55. The van der Waals surface area contributed by atoms with Gasteiger partial charge < -0.3 is 10.1 Å². The van der Waals surface area contributed by atoms with Crippen molar-refractivity contribution < 1.29 is 27.1 Å². The summed E-state index contributed by atoms with van der Waals surface area (Å²) in [6.07, 6.45) is -4.29. The van der Waals surface area contributed by atoms with Crippen LogP contribution >= 0.6 is 0 Å². The van der Waals surface area contributed by atoms with Gasteiger partial charge in [0, 0.05) is 25.1 Å². The maximum absolute atomic E-state index is 13.9. The molecule has 1 amide bonds. The van der Waals surface area contributed by atoms with Gasteiger partial charge in [-0.15, -0.1) is 13.2 Å². The second-order valence-corrected chi connectivity index (χ2v) is 5.28. The van der Waals surface area contributed by atoms with Crippen molar-refractivity contribution in [2.45, 2.75) is 19.2 Å². The highest BCUT2D eigenvalue weighted by Gasteiger charge is 2.31. The molecule has 0 unspecified atom stereocenters. The van der Waals surface area contributed by atoms with Gasteiger partial charge in [0.05, 0.1) is 11.3 Å². The van der Waals surface area contributed by atoms with Crippen LogP contribution in [0.4, 0.5) is 17.6 Å². The second kappa shape index (κ2) is 6.10. The largest absolute Gasteiger partial charge is 0.573 e. The van der Waals surface area contributed by atoms with Gasteiger partial charge in [0.15, 0.2) is 0 Å². The minimum atomic E-state index is -4.84. The highest BCUT2D eigenvalue weighted by molar-refractivity contribution is 5.96. The van der Waals surface area contributed by atoms with Crippen LogP contribution in [0.5, 0.6) is 5.75 Å². The number of pyridine rings is 1. The molecule has 8 heteroatoms. The van der Waals surface area contributed by atoms with Crippen molar-refractivity contribution in [1.82, 2.24) is 10.3 Å². The van der Waals surface area contributed by atoms with E-state index in [0.29, 0.717) is 29.9 Å². The summed E-state index contributed by atoms with van der Waals surface area (Å²) < 4.78 is 54.4. The molecule has 1 aliphatic rings. The van der Waals surface area contributed by atoms with E-state index in [0.717, 1.165) is 18.2 Å². The van der Waals surface area contributed by atoms with Crippen molar-refractivity contribution in [3.05, 3.63) is 58.7 Å². The van der Waals surface area contributed by atoms with Crippen molar-refractivity contribution in [1.29, 1.82) is 0 Å². The van der Waals surface area contributed by atoms with Gasteiger partial charge in [-0.3, -0.25) is 9.78 Å². The Hall–Kier alpha value is -2.64. The van der Waals surface area contributed by atoms with E-state index < -0.39 is 17.9 Å². The van der Waals surface area contributed by atoms with Crippen molar-refractivity contribution in [2.24, 2.45) is 0 Å². The number of hydrogen-bond acceptors (Lipinski definition) is 3. The van der Waals surface area contributed by atoms with Crippen molar-refractivity contribution in [3.63, 3.8) is 0 Å². The van der Waals surface area contributed by atoms with Gasteiger partial charge in [0.25, 0.3) is 5.91 Å². The molecule has 1 aliphatic heterocycles. The molecule has 0 fully saturated rings. The van der Waals surface area contributed by atoms with E-state index in [-0.39, 0.29) is 17.9 Å². The van der Waals surface area contributed by atoms with E-state index in [9.17, 15) is 22.4 Å². The van der Waals surface area contributed by atoms with Gasteiger partial charge >= 0.3 is 6.36 Å². The first-order chi connectivity index (χ1) is 11.3. The molecular weight excluding hydrogens is 328 g/mol. The number of nitrogens with one attached hydrogen (secondary N) is 1. The third-order valence-electron chi connectivity index (χ3n) is 3.55. The monoisotopic (exact) mass is 340 g/mol. The molecule has 1 aromatic heterocycles. The Bertz CT molecular complexity index is 790. The van der Waals surface area contributed by atoms with Crippen LogP contribution in [-0.2, 0) is 12.8 Å². The number of halogens is 4. The summed E-state index contributed by atoms with van der Waals surface area (Å²) in [4.78, 5) is 16.0. The molecule has 0 saturated heterocycles. The van der Waals surface area contributed by atoms with Crippen molar-refractivity contribution in [3.8, 4) is 5.75 Å². The molecule has 2 aromatic rings. The summed E-state index contributed by atoms with van der Waals surface area (Å²) in [5.74, 6) is -1.36. The predicted molar refractivity (Wildman–Crippen MR) is 76.2 cm³/mol. The Morgan fingerprint density at radius 2 is 2.00 bits per heavy atom. The molecule has 0 radical (unpaired) electrons. The smallest absolute Gasteiger partial charge is 0.406 e. The van der Waals surface area contributed by atoms with E-state index in [1.54, 1.807) is 12.1 Å². The van der Waals surface area contributed by atoms with Gasteiger partial charge in [0.1, 0.15) is 11.6 Å². The molecule has 0 aliphatic carbocycles. The number of ether oxygens (including phenoxy) is 1. The highest BCUT2D eigenvalue weighted by Crippen LogP contribution is 2.26. The normalized spacial score (nSPS) is 14.1. The average Bonchev–Trinajstić information content (AvgIpc) is 2.49. The number of fused-ring (bicyclic) bond motifs is 1. The molecule has 1 N–H and O–H groups in total. The molecule has 24 heavy (non-hydrogen) atoms. The number of benzene rings is 1.